The van der Waals surface area contributed by atoms with Gasteiger partial charge in [0.1, 0.15) is 11.9 Å². The maximum absolute atomic E-state index is 12.3. The molecule has 2 rings (SSSR count). The first-order valence-corrected chi connectivity index (χ1v) is 7.06. The fraction of sp³-hybridized carbons (Fsp3) is 0.533. The Hall–Kier alpha value is -1.73. The Balaban J connectivity index is 2.00. The number of carbonyl (C=O) groups is 1. The summed E-state index contributed by atoms with van der Waals surface area (Å²) in [4.78, 5) is 12.3. The second kappa shape index (κ2) is 8.05. The predicted molar refractivity (Wildman–Crippen MR) is 76.0 cm³/mol. The van der Waals surface area contributed by atoms with E-state index in [1.165, 1.54) is 25.3 Å². The number of hydrogen-bond acceptors (Lipinski definition) is 4. The third kappa shape index (κ3) is 4.64. The third-order valence-electron chi connectivity index (χ3n) is 3.53. The lowest BCUT2D eigenvalue weighted by Gasteiger charge is -2.28. The molecule has 0 saturated carbocycles. The summed E-state index contributed by atoms with van der Waals surface area (Å²) >= 11 is 0. The first kappa shape index (κ1) is 16.6. The maximum Gasteiger partial charge on any atom is 0.387 e. The molecule has 7 heteroatoms. The van der Waals surface area contributed by atoms with Gasteiger partial charge in [-0.15, -0.1) is 0 Å². The fourth-order valence-corrected chi connectivity index (χ4v) is 2.50. The highest BCUT2D eigenvalue weighted by molar-refractivity contribution is 5.94. The minimum Gasteiger partial charge on any atom is -0.435 e. The first-order valence-electron chi connectivity index (χ1n) is 7.06. The summed E-state index contributed by atoms with van der Waals surface area (Å²) in [5, 5.41) is 2.67. The Bertz CT molecular complexity index is 492. The van der Waals surface area contributed by atoms with Gasteiger partial charge in [0.15, 0.2) is 0 Å². The summed E-state index contributed by atoms with van der Waals surface area (Å²) in [6.07, 6.45) is 0.907. The van der Waals surface area contributed by atoms with Crippen LogP contribution in [0.1, 0.15) is 12.8 Å². The Kier molecular flexibility index (Phi) is 6.09. The van der Waals surface area contributed by atoms with Crippen molar-refractivity contribution in [3.05, 3.63) is 24.3 Å². The van der Waals surface area contributed by atoms with Gasteiger partial charge in [-0.05, 0) is 30.9 Å². The average Bonchev–Trinajstić information content (AvgIpc) is 2.48. The van der Waals surface area contributed by atoms with Crippen LogP contribution in [0.2, 0.25) is 0 Å². The largest absolute Gasteiger partial charge is 0.435 e. The molecule has 1 unspecified atom stereocenters. The van der Waals surface area contributed by atoms with E-state index < -0.39 is 12.7 Å². The molecule has 1 atom stereocenters. The number of nitrogens with one attached hydrogen (secondary N) is 1. The zero-order chi connectivity index (χ0) is 15.9. The quantitative estimate of drug-likeness (QED) is 0.877. The molecule has 0 aliphatic carbocycles. The molecule has 5 nitrogen and oxygen atoms in total. The van der Waals surface area contributed by atoms with Crippen molar-refractivity contribution in [3.63, 3.8) is 0 Å². The van der Waals surface area contributed by atoms with Gasteiger partial charge in [0.05, 0.1) is 0 Å². The van der Waals surface area contributed by atoms with Crippen LogP contribution in [0.3, 0.4) is 0 Å². The lowest BCUT2D eigenvalue weighted by Crippen LogP contribution is -2.38. The minimum absolute atomic E-state index is 0.00664. The summed E-state index contributed by atoms with van der Waals surface area (Å²) < 4.78 is 39.3. The van der Waals surface area contributed by atoms with E-state index in [0.29, 0.717) is 18.9 Å². The highest BCUT2D eigenvalue weighted by atomic mass is 19.3. The molecule has 1 aromatic rings. The van der Waals surface area contributed by atoms with E-state index in [9.17, 15) is 13.6 Å². The second-order valence-corrected chi connectivity index (χ2v) is 5.00. The van der Waals surface area contributed by atoms with Crippen LogP contribution in [0.4, 0.5) is 14.5 Å². The van der Waals surface area contributed by atoms with Gasteiger partial charge in [-0.3, -0.25) is 4.79 Å². The number of alkyl halides is 2. The van der Waals surface area contributed by atoms with Crippen molar-refractivity contribution in [2.24, 2.45) is 5.92 Å². The minimum atomic E-state index is -2.90. The Labute approximate surface area is 127 Å². The van der Waals surface area contributed by atoms with E-state index in [1.54, 1.807) is 6.07 Å². The molecule has 1 fully saturated rings. The van der Waals surface area contributed by atoms with Gasteiger partial charge in [0.25, 0.3) is 5.91 Å². The van der Waals surface area contributed by atoms with E-state index in [1.807, 2.05) is 0 Å². The average molecular weight is 315 g/mol. The van der Waals surface area contributed by atoms with Crippen LogP contribution in [0.15, 0.2) is 24.3 Å². The maximum atomic E-state index is 12.3. The molecule has 0 aromatic heterocycles. The standard InChI is InChI=1S/C15H19F2NO4/c1-20-13(10-5-7-21-8-6-10)14(19)18-11-3-2-4-12(9-11)22-15(16)17/h2-4,9-10,13,15H,5-8H2,1H3,(H,18,19). The van der Waals surface area contributed by atoms with Gasteiger partial charge >= 0.3 is 6.61 Å². The number of rotatable bonds is 6. The van der Waals surface area contributed by atoms with E-state index in [0.717, 1.165) is 12.8 Å². The van der Waals surface area contributed by atoms with Crippen LogP contribution >= 0.6 is 0 Å². The summed E-state index contributed by atoms with van der Waals surface area (Å²) in [5.41, 5.74) is 0.386. The van der Waals surface area contributed by atoms with Crippen LogP contribution in [0.5, 0.6) is 5.75 Å². The molecule has 1 heterocycles. The van der Waals surface area contributed by atoms with Crippen molar-refractivity contribution in [1.82, 2.24) is 0 Å². The predicted octanol–water partition coefficient (Wildman–Crippen LogP) is 2.67. The second-order valence-electron chi connectivity index (χ2n) is 5.00. The van der Waals surface area contributed by atoms with Crippen LogP contribution in [0.25, 0.3) is 0 Å². The molecule has 1 amide bonds. The van der Waals surface area contributed by atoms with Gasteiger partial charge in [-0.25, -0.2) is 0 Å². The van der Waals surface area contributed by atoms with E-state index in [-0.39, 0.29) is 17.6 Å². The normalized spacial score (nSPS) is 17.3. The highest BCUT2D eigenvalue weighted by Crippen LogP contribution is 2.23. The summed E-state index contributed by atoms with van der Waals surface area (Å²) in [7, 11) is 1.48. The summed E-state index contributed by atoms with van der Waals surface area (Å²) in [5.74, 6) is -0.226. The molecule has 1 saturated heterocycles. The lowest BCUT2D eigenvalue weighted by molar-refractivity contribution is -0.131. The lowest BCUT2D eigenvalue weighted by atomic mass is 9.93. The SMILES string of the molecule is COC(C(=O)Nc1cccc(OC(F)F)c1)C1CCOCC1. The number of methoxy groups -OCH3 is 1. The zero-order valence-electron chi connectivity index (χ0n) is 12.3. The topological polar surface area (TPSA) is 56.8 Å². The molecule has 122 valence electrons. The van der Waals surface area contributed by atoms with Crippen LogP contribution in [-0.2, 0) is 14.3 Å². The van der Waals surface area contributed by atoms with Crippen LogP contribution < -0.4 is 10.1 Å². The van der Waals surface area contributed by atoms with Crippen molar-refractivity contribution < 1.29 is 27.8 Å². The Morgan fingerprint density at radius 1 is 1.36 bits per heavy atom. The summed E-state index contributed by atoms with van der Waals surface area (Å²) in [6, 6.07) is 5.88. The van der Waals surface area contributed by atoms with Crippen molar-refractivity contribution in [1.29, 1.82) is 0 Å². The number of ether oxygens (including phenoxy) is 3. The van der Waals surface area contributed by atoms with Crippen molar-refractivity contribution in [2.45, 2.75) is 25.6 Å². The smallest absolute Gasteiger partial charge is 0.387 e. The van der Waals surface area contributed by atoms with E-state index in [2.05, 4.69) is 10.1 Å². The molecule has 1 aliphatic rings. The molecule has 0 bridgehead atoms. The molecule has 1 N–H and O–H groups in total. The van der Waals surface area contributed by atoms with E-state index in [4.69, 9.17) is 9.47 Å². The van der Waals surface area contributed by atoms with Crippen LogP contribution in [0, 0.1) is 5.92 Å². The molecule has 1 aromatic carbocycles. The van der Waals surface area contributed by atoms with Gasteiger partial charge in [0.2, 0.25) is 0 Å². The monoisotopic (exact) mass is 315 g/mol. The summed E-state index contributed by atoms with van der Waals surface area (Å²) in [6.45, 7) is -1.69. The number of anilines is 1. The van der Waals surface area contributed by atoms with Crippen molar-refractivity contribution >= 4 is 11.6 Å². The molecule has 0 spiro atoms. The third-order valence-corrected chi connectivity index (χ3v) is 3.53. The number of hydrogen-bond donors (Lipinski definition) is 1. The molecule has 1 aliphatic heterocycles. The Morgan fingerprint density at radius 2 is 2.09 bits per heavy atom. The number of carbonyl (C=O) groups excluding carboxylic acids is 1. The van der Waals surface area contributed by atoms with Gasteiger partial charge in [0, 0.05) is 32.1 Å². The zero-order valence-corrected chi connectivity index (χ0v) is 12.3. The Morgan fingerprint density at radius 3 is 2.73 bits per heavy atom. The first-order chi connectivity index (χ1) is 10.6. The molecular weight excluding hydrogens is 296 g/mol. The van der Waals surface area contributed by atoms with Crippen molar-refractivity contribution in [3.8, 4) is 5.75 Å². The molecular formula is C15H19F2NO4. The molecule has 22 heavy (non-hydrogen) atoms. The fourth-order valence-electron chi connectivity index (χ4n) is 2.50. The number of benzene rings is 1. The van der Waals surface area contributed by atoms with Crippen molar-refractivity contribution in [2.75, 3.05) is 25.6 Å². The molecule has 0 radical (unpaired) electrons. The number of amides is 1. The van der Waals surface area contributed by atoms with Crippen LogP contribution in [-0.4, -0.2) is 38.9 Å². The number of halogens is 2. The van der Waals surface area contributed by atoms with Gasteiger partial charge in [-0.2, -0.15) is 8.78 Å². The van der Waals surface area contributed by atoms with Gasteiger partial charge < -0.3 is 19.5 Å². The van der Waals surface area contributed by atoms with E-state index >= 15 is 0 Å². The highest BCUT2D eigenvalue weighted by Gasteiger charge is 2.29. The van der Waals surface area contributed by atoms with Gasteiger partial charge in [-0.1, -0.05) is 6.07 Å².